The Balaban J connectivity index is 1.59. The van der Waals surface area contributed by atoms with Gasteiger partial charge in [-0.15, -0.1) is 0 Å². The highest BCUT2D eigenvalue weighted by Crippen LogP contribution is 2.23. The number of nitrogens with two attached hydrogens (primary N) is 1. The molecule has 0 bridgehead atoms. The number of benzene rings is 3. The summed E-state index contributed by atoms with van der Waals surface area (Å²) in [5.41, 5.74) is 6.45. The van der Waals surface area contributed by atoms with Gasteiger partial charge in [-0.2, -0.15) is 0 Å². The third-order valence-electron chi connectivity index (χ3n) is 4.30. The van der Waals surface area contributed by atoms with Gasteiger partial charge >= 0.3 is 12.0 Å². The van der Waals surface area contributed by atoms with E-state index in [-0.39, 0.29) is 6.03 Å². The monoisotopic (exact) mass is 433 g/mol. The first kappa shape index (κ1) is 22.4. The van der Waals surface area contributed by atoms with Crippen LogP contribution in [0.2, 0.25) is 0 Å². The molecular weight excluding hydrogens is 410 g/mol. The summed E-state index contributed by atoms with van der Waals surface area (Å²) in [7, 11) is 0. The van der Waals surface area contributed by atoms with E-state index >= 15 is 0 Å². The molecule has 0 saturated carbocycles. The Morgan fingerprint density at radius 1 is 0.844 bits per heavy atom. The third kappa shape index (κ3) is 6.33. The number of nitrogens with one attached hydrogen (secondary N) is 2. The summed E-state index contributed by atoms with van der Waals surface area (Å²) < 4.78 is 11.1. The van der Waals surface area contributed by atoms with Crippen molar-refractivity contribution in [3.05, 3.63) is 83.9 Å². The van der Waals surface area contributed by atoms with Crippen LogP contribution >= 0.6 is 0 Å². The molecule has 3 aromatic carbocycles. The van der Waals surface area contributed by atoms with Crippen molar-refractivity contribution in [1.82, 2.24) is 5.32 Å². The van der Waals surface area contributed by atoms with Crippen molar-refractivity contribution in [1.29, 1.82) is 0 Å². The van der Waals surface area contributed by atoms with Crippen LogP contribution in [0, 0.1) is 0 Å². The fourth-order valence-corrected chi connectivity index (χ4v) is 2.70. The Kier molecular flexibility index (Phi) is 7.42. The molecule has 0 radical (unpaired) electrons. The Labute approximate surface area is 185 Å². The van der Waals surface area contributed by atoms with E-state index in [0.29, 0.717) is 40.6 Å². The first-order valence-electron chi connectivity index (χ1n) is 9.99. The van der Waals surface area contributed by atoms with Crippen molar-refractivity contribution in [2.24, 2.45) is 5.73 Å². The van der Waals surface area contributed by atoms with Gasteiger partial charge in [-0.3, -0.25) is 4.79 Å². The molecular formula is C24H23N3O5. The Morgan fingerprint density at radius 2 is 1.47 bits per heavy atom. The molecule has 32 heavy (non-hydrogen) atoms. The normalized spacial score (nSPS) is 10.2. The zero-order chi connectivity index (χ0) is 22.9. The molecule has 0 spiro atoms. The molecule has 164 valence electrons. The second-order valence-corrected chi connectivity index (χ2v) is 6.81. The van der Waals surface area contributed by atoms with Crippen LogP contribution in [-0.4, -0.2) is 24.5 Å². The number of carbonyl (C=O) groups is 3. The topological polar surface area (TPSA) is 120 Å². The molecule has 0 aliphatic heterocycles. The number of anilines is 1. The minimum absolute atomic E-state index is 0.304. The maximum Gasteiger partial charge on any atom is 0.343 e. The first-order chi connectivity index (χ1) is 15.4. The van der Waals surface area contributed by atoms with Gasteiger partial charge in [-0.05, 0) is 67.1 Å². The number of primary amides is 1. The van der Waals surface area contributed by atoms with E-state index < -0.39 is 11.9 Å². The molecule has 0 heterocycles. The van der Waals surface area contributed by atoms with E-state index in [0.717, 1.165) is 6.42 Å². The highest BCUT2D eigenvalue weighted by molar-refractivity contribution is 5.93. The lowest BCUT2D eigenvalue weighted by molar-refractivity contribution is 0.0734. The smallest absolute Gasteiger partial charge is 0.343 e. The molecule has 3 amide bonds. The van der Waals surface area contributed by atoms with E-state index in [9.17, 15) is 14.4 Å². The van der Waals surface area contributed by atoms with E-state index in [4.69, 9.17) is 15.2 Å². The van der Waals surface area contributed by atoms with Gasteiger partial charge < -0.3 is 25.8 Å². The number of rotatable bonds is 8. The summed E-state index contributed by atoms with van der Waals surface area (Å²) in [6, 6.07) is 19.1. The summed E-state index contributed by atoms with van der Waals surface area (Å²) in [6.45, 7) is 2.53. The zero-order valence-electron chi connectivity index (χ0n) is 17.5. The van der Waals surface area contributed by atoms with Gasteiger partial charge in [0.05, 0.1) is 5.56 Å². The summed E-state index contributed by atoms with van der Waals surface area (Å²) in [5, 5.41) is 5.39. The van der Waals surface area contributed by atoms with Gasteiger partial charge in [0.2, 0.25) is 5.91 Å². The van der Waals surface area contributed by atoms with Crippen LogP contribution in [-0.2, 0) is 0 Å². The fourth-order valence-electron chi connectivity index (χ4n) is 2.70. The van der Waals surface area contributed by atoms with E-state index in [1.54, 1.807) is 72.8 Å². The molecule has 0 aromatic heterocycles. The van der Waals surface area contributed by atoms with E-state index in [1.807, 2.05) is 6.92 Å². The Bertz CT molecular complexity index is 1100. The summed E-state index contributed by atoms with van der Waals surface area (Å²) >= 11 is 0. The number of hydrogen-bond acceptors (Lipinski definition) is 5. The van der Waals surface area contributed by atoms with Crippen molar-refractivity contribution in [2.45, 2.75) is 13.3 Å². The largest absolute Gasteiger partial charge is 0.457 e. The first-order valence-corrected chi connectivity index (χ1v) is 9.99. The summed E-state index contributed by atoms with van der Waals surface area (Å²) in [4.78, 5) is 35.3. The van der Waals surface area contributed by atoms with Gasteiger partial charge in [0.1, 0.15) is 17.2 Å². The Hall–Kier alpha value is -4.33. The van der Waals surface area contributed by atoms with Gasteiger partial charge in [0, 0.05) is 23.9 Å². The molecule has 0 saturated heterocycles. The SMILES string of the molecule is CCCNC(=O)Nc1cccc(OC(=O)c2ccc(Oc3ccc(C(N)=O)cc3)cc2)c1. The summed E-state index contributed by atoms with van der Waals surface area (Å²) in [5.74, 6) is 0.281. The maximum absolute atomic E-state index is 12.5. The number of hydrogen-bond donors (Lipinski definition) is 3. The standard InChI is InChI=1S/C24H23N3O5/c1-2-14-26-24(30)27-18-4-3-5-21(15-18)32-23(29)17-8-12-20(13-9-17)31-19-10-6-16(7-11-19)22(25)28/h3-13,15H,2,14H2,1H3,(H2,25,28)(H2,26,27,30). The predicted molar refractivity (Wildman–Crippen MR) is 120 cm³/mol. The van der Waals surface area contributed by atoms with Crippen molar-refractivity contribution in [2.75, 3.05) is 11.9 Å². The second kappa shape index (κ2) is 10.6. The highest BCUT2D eigenvalue weighted by atomic mass is 16.5. The molecule has 3 aromatic rings. The molecule has 0 atom stereocenters. The van der Waals surface area contributed by atoms with Crippen molar-refractivity contribution in [3.8, 4) is 17.2 Å². The number of carbonyl (C=O) groups excluding carboxylic acids is 3. The van der Waals surface area contributed by atoms with Gasteiger partial charge in [0.25, 0.3) is 0 Å². The molecule has 3 rings (SSSR count). The highest BCUT2D eigenvalue weighted by Gasteiger charge is 2.10. The minimum Gasteiger partial charge on any atom is -0.457 e. The van der Waals surface area contributed by atoms with E-state index in [2.05, 4.69) is 10.6 Å². The number of urea groups is 1. The van der Waals surface area contributed by atoms with Crippen LogP contribution < -0.4 is 25.8 Å². The Morgan fingerprint density at radius 3 is 2.06 bits per heavy atom. The third-order valence-corrected chi connectivity index (χ3v) is 4.30. The van der Waals surface area contributed by atoms with Gasteiger partial charge in [-0.1, -0.05) is 13.0 Å². The molecule has 8 nitrogen and oxygen atoms in total. The summed E-state index contributed by atoms with van der Waals surface area (Å²) in [6.07, 6.45) is 0.830. The van der Waals surface area contributed by atoms with Crippen molar-refractivity contribution in [3.63, 3.8) is 0 Å². The van der Waals surface area contributed by atoms with Gasteiger partial charge in [0.15, 0.2) is 0 Å². The van der Waals surface area contributed by atoms with Gasteiger partial charge in [-0.25, -0.2) is 9.59 Å². The van der Waals surface area contributed by atoms with Crippen molar-refractivity contribution < 1.29 is 23.9 Å². The molecule has 8 heteroatoms. The lowest BCUT2D eigenvalue weighted by Gasteiger charge is -2.09. The quantitative estimate of drug-likeness (QED) is 0.361. The number of amides is 3. The van der Waals surface area contributed by atoms with Crippen LogP contribution in [0.15, 0.2) is 72.8 Å². The fraction of sp³-hybridized carbons (Fsp3) is 0.125. The lowest BCUT2D eigenvalue weighted by atomic mass is 10.2. The molecule has 0 unspecified atom stereocenters. The average molecular weight is 433 g/mol. The lowest BCUT2D eigenvalue weighted by Crippen LogP contribution is -2.29. The average Bonchev–Trinajstić information content (AvgIpc) is 2.79. The molecule has 0 fully saturated rings. The number of ether oxygens (including phenoxy) is 2. The second-order valence-electron chi connectivity index (χ2n) is 6.81. The zero-order valence-corrected chi connectivity index (χ0v) is 17.5. The molecule has 4 N–H and O–H groups in total. The van der Waals surface area contributed by atoms with Crippen LogP contribution in [0.25, 0.3) is 0 Å². The van der Waals surface area contributed by atoms with Crippen LogP contribution in [0.1, 0.15) is 34.1 Å². The van der Waals surface area contributed by atoms with Crippen LogP contribution in [0.5, 0.6) is 17.2 Å². The van der Waals surface area contributed by atoms with Crippen LogP contribution in [0.4, 0.5) is 10.5 Å². The number of esters is 1. The predicted octanol–water partition coefficient (Wildman–Crippen LogP) is 4.33. The molecule has 0 aliphatic carbocycles. The van der Waals surface area contributed by atoms with E-state index in [1.165, 1.54) is 0 Å². The van der Waals surface area contributed by atoms with Crippen LogP contribution in [0.3, 0.4) is 0 Å². The molecule has 0 aliphatic rings. The van der Waals surface area contributed by atoms with Crippen molar-refractivity contribution >= 4 is 23.6 Å². The maximum atomic E-state index is 12.5. The minimum atomic E-state index is -0.546.